The molecule has 0 saturated carbocycles. The van der Waals surface area contributed by atoms with Crippen molar-refractivity contribution in [3.05, 3.63) is 28.5 Å². The third-order valence-electron chi connectivity index (χ3n) is 2.94. The van der Waals surface area contributed by atoms with Gasteiger partial charge in [-0.25, -0.2) is 0 Å². The van der Waals surface area contributed by atoms with Crippen molar-refractivity contribution >= 4 is 0 Å². The molecule has 0 aliphatic heterocycles. The van der Waals surface area contributed by atoms with E-state index in [4.69, 9.17) is 10.2 Å². The predicted molar refractivity (Wildman–Crippen MR) is 62.3 cm³/mol. The Hall–Kier alpha value is -1.69. The van der Waals surface area contributed by atoms with Crippen LogP contribution >= 0.6 is 0 Å². The normalized spacial score (nSPS) is 13.0. The van der Waals surface area contributed by atoms with E-state index in [2.05, 4.69) is 15.4 Å². The number of furan rings is 1. The fourth-order valence-corrected chi connectivity index (χ4v) is 2.06. The molecular formula is C11H17N5O. The minimum atomic E-state index is -0.156. The van der Waals surface area contributed by atoms with Crippen LogP contribution in [0.15, 0.2) is 4.42 Å². The van der Waals surface area contributed by atoms with Crippen molar-refractivity contribution in [2.75, 3.05) is 0 Å². The van der Waals surface area contributed by atoms with Crippen LogP contribution in [0.1, 0.15) is 34.5 Å². The Kier molecular flexibility index (Phi) is 2.97. The van der Waals surface area contributed by atoms with Crippen LogP contribution in [-0.4, -0.2) is 20.2 Å². The zero-order chi connectivity index (χ0) is 12.6. The van der Waals surface area contributed by atoms with Crippen LogP contribution in [0.3, 0.4) is 0 Å². The van der Waals surface area contributed by atoms with Crippen LogP contribution in [0.2, 0.25) is 0 Å². The summed E-state index contributed by atoms with van der Waals surface area (Å²) < 4.78 is 5.57. The van der Waals surface area contributed by atoms with Gasteiger partial charge in [-0.2, -0.15) is 4.80 Å². The van der Waals surface area contributed by atoms with E-state index in [9.17, 15) is 0 Å². The van der Waals surface area contributed by atoms with Crippen molar-refractivity contribution in [2.45, 2.75) is 33.2 Å². The van der Waals surface area contributed by atoms with Crippen LogP contribution in [0.4, 0.5) is 0 Å². The van der Waals surface area contributed by atoms with Gasteiger partial charge < -0.3 is 10.2 Å². The summed E-state index contributed by atoms with van der Waals surface area (Å²) >= 11 is 0. The Labute approximate surface area is 99.8 Å². The Bertz CT molecular complexity index is 528. The van der Waals surface area contributed by atoms with E-state index in [1.807, 2.05) is 20.8 Å². The molecule has 0 aromatic carbocycles. The summed E-state index contributed by atoms with van der Waals surface area (Å²) in [5.74, 6) is 2.44. The fraction of sp³-hybridized carbons (Fsp3) is 0.545. The van der Waals surface area contributed by atoms with Crippen molar-refractivity contribution in [3.8, 4) is 0 Å². The largest absolute Gasteiger partial charge is 0.466 e. The molecular weight excluding hydrogens is 218 g/mol. The molecule has 6 nitrogen and oxygen atoms in total. The number of hydrogen-bond donors (Lipinski definition) is 1. The van der Waals surface area contributed by atoms with Gasteiger partial charge in [0.1, 0.15) is 11.5 Å². The maximum atomic E-state index is 6.17. The first kappa shape index (κ1) is 11.8. The number of nitrogens with zero attached hydrogens (tertiary/aromatic N) is 4. The second-order valence-corrected chi connectivity index (χ2v) is 4.26. The van der Waals surface area contributed by atoms with Gasteiger partial charge in [0.05, 0.1) is 7.05 Å². The number of tetrazole rings is 1. The highest BCUT2D eigenvalue weighted by atomic mass is 16.3. The van der Waals surface area contributed by atoms with Gasteiger partial charge in [0.2, 0.25) is 0 Å². The molecule has 1 unspecified atom stereocenters. The molecule has 0 spiro atoms. The zero-order valence-corrected chi connectivity index (χ0v) is 10.6. The first-order chi connectivity index (χ1) is 7.99. The Morgan fingerprint density at radius 1 is 1.29 bits per heavy atom. The Balaban J connectivity index is 2.22. The molecule has 2 aromatic heterocycles. The SMILES string of the molecule is Cc1oc(C)c(C(N)Cc2nnn(C)n2)c1C. The minimum absolute atomic E-state index is 0.156. The number of aromatic nitrogens is 4. The van der Waals surface area contributed by atoms with E-state index in [0.717, 1.165) is 22.6 Å². The Morgan fingerprint density at radius 2 is 2.00 bits per heavy atom. The van der Waals surface area contributed by atoms with Gasteiger partial charge in [-0.3, -0.25) is 0 Å². The van der Waals surface area contributed by atoms with E-state index in [1.165, 1.54) is 4.80 Å². The minimum Gasteiger partial charge on any atom is -0.466 e. The van der Waals surface area contributed by atoms with Gasteiger partial charge in [-0.1, -0.05) is 0 Å². The summed E-state index contributed by atoms with van der Waals surface area (Å²) in [4.78, 5) is 1.43. The molecule has 6 heteroatoms. The molecule has 2 aromatic rings. The van der Waals surface area contributed by atoms with E-state index in [-0.39, 0.29) is 6.04 Å². The van der Waals surface area contributed by atoms with Crippen molar-refractivity contribution in [1.82, 2.24) is 20.2 Å². The van der Waals surface area contributed by atoms with Crippen molar-refractivity contribution in [2.24, 2.45) is 12.8 Å². The van der Waals surface area contributed by atoms with Crippen LogP contribution in [0.5, 0.6) is 0 Å². The molecule has 2 heterocycles. The van der Waals surface area contributed by atoms with Crippen LogP contribution in [0, 0.1) is 20.8 Å². The molecule has 92 valence electrons. The summed E-state index contributed by atoms with van der Waals surface area (Å²) in [6.07, 6.45) is 0.564. The van der Waals surface area contributed by atoms with Crippen molar-refractivity contribution in [1.29, 1.82) is 0 Å². The summed E-state index contributed by atoms with van der Waals surface area (Å²) in [7, 11) is 1.74. The van der Waals surface area contributed by atoms with E-state index in [1.54, 1.807) is 7.05 Å². The van der Waals surface area contributed by atoms with E-state index < -0.39 is 0 Å². The van der Waals surface area contributed by atoms with Crippen LogP contribution in [-0.2, 0) is 13.5 Å². The first-order valence-corrected chi connectivity index (χ1v) is 5.54. The lowest BCUT2D eigenvalue weighted by Crippen LogP contribution is -2.15. The highest BCUT2D eigenvalue weighted by molar-refractivity contribution is 5.34. The van der Waals surface area contributed by atoms with Gasteiger partial charge in [0.25, 0.3) is 0 Å². The van der Waals surface area contributed by atoms with Crippen LogP contribution < -0.4 is 5.73 Å². The van der Waals surface area contributed by atoms with Gasteiger partial charge >= 0.3 is 0 Å². The topological polar surface area (TPSA) is 82.8 Å². The molecule has 17 heavy (non-hydrogen) atoms. The molecule has 0 aliphatic rings. The van der Waals surface area contributed by atoms with Crippen LogP contribution in [0.25, 0.3) is 0 Å². The summed E-state index contributed by atoms with van der Waals surface area (Å²) in [6, 6.07) is -0.156. The second-order valence-electron chi connectivity index (χ2n) is 4.26. The summed E-state index contributed by atoms with van der Waals surface area (Å²) in [5, 5.41) is 11.9. The van der Waals surface area contributed by atoms with Gasteiger partial charge in [0.15, 0.2) is 5.82 Å². The standard InChI is InChI=1S/C11H17N5O/c1-6-7(2)17-8(3)11(6)9(12)5-10-13-15-16(4)14-10/h9H,5,12H2,1-4H3. The molecule has 0 radical (unpaired) electrons. The molecule has 0 amide bonds. The predicted octanol–water partition coefficient (Wildman–Crippen LogP) is 0.971. The molecule has 0 saturated heterocycles. The summed E-state index contributed by atoms with van der Waals surface area (Å²) in [5.41, 5.74) is 8.34. The second kappa shape index (κ2) is 4.29. The number of aryl methyl sites for hydroxylation is 3. The maximum Gasteiger partial charge on any atom is 0.176 e. The highest BCUT2D eigenvalue weighted by Gasteiger charge is 2.19. The van der Waals surface area contributed by atoms with E-state index >= 15 is 0 Å². The number of hydrogen-bond acceptors (Lipinski definition) is 5. The lowest BCUT2D eigenvalue weighted by atomic mass is 10.0. The fourth-order valence-electron chi connectivity index (χ4n) is 2.06. The van der Waals surface area contributed by atoms with Gasteiger partial charge in [0, 0.05) is 18.0 Å². The quantitative estimate of drug-likeness (QED) is 0.857. The lowest BCUT2D eigenvalue weighted by molar-refractivity contribution is 0.495. The third kappa shape index (κ3) is 2.21. The average molecular weight is 235 g/mol. The third-order valence-corrected chi connectivity index (χ3v) is 2.94. The van der Waals surface area contributed by atoms with Crippen molar-refractivity contribution < 1.29 is 4.42 Å². The van der Waals surface area contributed by atoms with Gasteiger partial charge in [-0.15, -0.1) is 10.2 Å². The highest BCUT2D eigenvalue weighted by Crippen LogP contribution is 2.27. The first-order valence-electron chi connectivity index (χ1n) is 5.54. The Morgan fingerprint density at radius 3 is 2.47 bits per heavy atom. The molecule has 1 atom stereocenters. The number of rotatable bonds is 3. The number of nitrogens with two attached hydrogens (primary N) is 1. The molecule has 2 rings (SSSR count). The van der Waals surface area contributed by atoms with Gasteiger partial charge in [-0.05, 0) is 31.5 Å². The lowest BCUT2D eigenvalue weighted by Gasteiger charge is -2.09. The molecule has 0 fully saturated rings. The summed E-state index contributed by atoms with van der Waals surface area (Å²) in [6.45, 7) is 5.89. The average Bonchev–Trinajstić information content (AvgIpc) is 2.73. The monoisotopic (exact) mass is 235 g/mol. The molecule has 0 aliphatic carbocycles. The smallest absolute Gasteiger partial charge is 0.176 e. The van der Waals surface area contributed by atoms with E-state index in [0.29, 0.717) is 12.2 Å². The maximum absolute atomic E-state index is 6.17. The molecule has 2 N–H and O–H groups in total. The molecule has 0 bridgehead atoms. The zero-order valence-electron chi connectivity index (χ0n) is 10.6. The van der Waals surface area contributed by atoms with Crippen molar-refractivity contribution in [3.63, 3.8) is 0 Å².